The summed E-state index contributed by atoms with van der Waals surface area (Å²) in [6, 6.07) is 22.9. The van der Waals surface area contributed by atoms with Crippen molar-refractivity contribution in [3.05, 3.63) is 95.9 Å². The number of amides is 1. The molecule has 0 saturated carbocycles. The lowest BCUT2D eigenvalue weighted by molar-refractivity contribution is -0.122. The summed E-state index contributed by atoms with van der Waals surface area (Å²) in [5.74, 6) is 0.373. The van der Waals surface area contributed by atoms with Gasteiger partial charge >= 0.3 is 0 Å². The zero-order chi connectivity index (χ0) is 17.5. The highest BCUT2D eigenvalue weighted by molar-refractivity contribution is 5.78. The Morgan fingerprint density at radius 1 is 0.920 bits per heavy atom. The van der Waals surface area contributed by atoms with Crippen LogP contribution in [0.1, 0.15) is 35.3 Å². The van der Waals surface area contributed by atoms with E-state index in [-0.39, 0.29) is 18.4 Å². The molecule has 0 aliphatic rings. The maximum absolute atomic E-state index is 12.6. The van der Waals surface area contributed by atoms with Gasteiger partial charge in [0.25, 0.3) is 0 Å². The highest BCUT2D eigenvalue weighted by Crippen LogP contribution is 2.28. The fourth-order valence-electron chi connectivity index (χ4n) is 2.93. The van der Waals surface area contributed by atoms with Gasteiger partial charge in [-0.1, -0.05) is 60.7 Å². The van der Waals surface area contributed by atoms with Crippen molar-refractivity contribution in [2.45, 2.75) is 18.4 Å². The highest BCUT2D eigenvalue weighted by atomic mass is 16.3. The zero-order valence-corrected chi connectivity index (χ0v) is 13.8. The van der Waals surface area contributed by atoms with Crippen molar-refractivity contribution in [1.82, 2.24) is 5.32 Å². The van der Waals surface area contributed by atoms with Crippen molar-refractivity contribution in [3.63, 3.8) is 0 Å². The molecule has 1 amide bonds. The van der Waals surface area contributed by atoms with Crippen molar-refractivity contribution in [2.24, 2.45) is 0 Å². The Labute approximate surface area is 147 Å². The van der Waals surface area contributed by atoms with Gasteiger partial charge < -0.3 is 14.8 Å². The maximum atomic E-state index is 12.6. The molecule has 25 heavy (non-hydrogen) atoms. The van der Waals surface area contributed by atoms with Gasteiger partial charge in [0.15, 0.2) is 0 Å². The van der Waals surface area contributed by atoms with Crippen molar-refractivity contribution in [2.75, 3.05) is 6.61 Å². The number of hydrogen-bond acceptors (Lipinski definition) is 3. The average molecular weight is 335 g/mol. The molecular weight excluding hydrogens is 314 g/mol. The molecule has 0 aliphatic carbocycles. The molecule has 0 spiro atoms. The molecule has 1 unspecified atom stereocenters. The summed E-state index contributed by atoms with van der Waals surface area (Å²) in [5, 5.41) is 12.4. The minimum atomic E-state index is -0.533. The lowest BCUT2D eigenvalue weighted by Crippen LogP contribution is -2.31. The molecular formula is C21H21NO3. The van der Waals surface area contributed by atoms with E-state index in [2.05, 4.69) is 5.32 Å². The van der Waals surface area contributed by atoms with E-state index in [1.54, 1.807) is 12.1 Å². The third-order valence-electron chi connectivity index (χ3n) is 4.20. The Kier molecular flexibility index (Phi) is 5.65. The quantitative estimate of drug-likeness (QED) is 0.693. The van der Waals surface area contributed by atoms with Gasteiger partial charge in [-0.25, -0.2) is 0 Å². The number of benzene rings is 2. The van der Waals surface area contributed by atoms with Crippen molar-refractivity contribution in [1.29, 1.82) is 0 Å². The molecule has 4 nitrogen and oxygen atoms in total. The van der Waals surface area contributed by atoms with Gasteiger partial charge in [0.05, 0.1) is 12.9 Å². The van der Waals surface area contributed by atoms with E-state index < -0.39 is 6.04 Å². The van der Waals surface area contributed by atoms with Crippen molar-refractivity contribution >= 4 is 5.91 Å². The van der Waals surface area contributed by atoms with Crippen molar-refractivity contribution < 1.29 is 14.3 Å². The summed E-state index contributed by atoms with van der Waals surface area (Å²) in [6.45, 7) is -0.208. The second-order valence-corrected chi connectivity index (χ2v) is 5.90. The largest absolute Gasteiger partial charge is 0.467 e. The summed E-state index contributed by atoms with van der Waals surface area (Å²) in [6.07, 6.45) is 1.83. The van der Waals surface area contributed by atoms with Crippen LogP contribution in [0, 0.1) is 0 Å². The van der Waals surface area contributed by atoms with Crippen molar-refractivity contribution in [3.8, 4) is 0 Å². The van der Waals surface area contributed by atoms with E-state index in [0.29, 0.717) is 12.2 Å². The number of nitrogens with one attached hydrogen (secondary N) is 1. The molecule has 0 aliphatic heterocycles. The molecule has 0 fully saturated rings. The van der Waals surface area contributed by atoms with E-state index >= 15 is 0 Å². The lowest BCUT2D eigenvalue weighted by atomic mass is 9.88. The zero-order valence-electron chi connectivity index (χ0n) is 13.8. The van der Waals surface area contributed by atoms with E-state index in [1.807, 2.05) is 60.7 Å². The van der Waals surface area contributed by atoms with E-state index in [0.717, 1.165) is 11.1 Å². The number of hydrogen-bond donors (Lipinski definition) is 2. The van der Waals surface area contributed by atoms with Crippen LogP contribution in [0.25, 0.3) is 0 Å². The SMILES string of the molecule is O=C(CC(c1ccccc1)c1ccccc1)NC(CO)c1ccco1. The summed E-state index contributed by atoms with van der Waals surface area (Å²) in [5.41, 5.74) is 2.17. The minimum Gasteiger partial charge on any atom is -0.467 e. The van der Waals surface area contributed by atoms with Crippen LogP contribution in [0.15, 0.2) is 83.5 Å². The maximum Gasteiger partial charge on any atom is 0.221 e. The van der Waals surface area contributed by atoms with Gasteiger partial charge in [0.2, 0.25) is 5.91 Å². The Morgan fingerprint density at radius 2 is 1.52 bits per heavy atom. The standard InChI is InChI=1S/C21H21NO3/c23-15-19(20-12-7-13-25-20)22-21(24)14-18(16-8-3-1-4-9-16)17-10-5-2-6-11-17/h1-13,18-19,23H,14-15H2,(H,22,24). The molecule has 0 saturated heterocycles. The number of carbonyl (C=O) groups is 1. The van der Waals surface area contributed by atoms with Crippen LogP contribution >= 0.6 is 0 Å². The van der Waals surface area contributed by atoms with Gasteiger partial charge in [0.1, 0.15) is 11.8 Å². The third-order valence-corrected chi connectivity index (χ3v) is 4.20. The Balaban J connectivity index is 1.77. The Morgan fingerprint density at radius 3 is 2.00 bits per heavy atom. The first kappa shape index (κ1) is 17.0. The summed E-state index contributed by atoms with van der Waals surface area (Å²) in [4.78, 5) is 12.6. The fourth-order valence-corrected chi connectivity index (χ4v) is 2.93. The minimum absolute atomic E-state index is 0.0432. The number of carbonyl (C=O) groups excluding carboxylic acids is 1. The normalized spacial score (nSPS) is 12.1. The summed E-state index contributed by atoms with van der Waals surface area (Å²) < 4.78 is 5.29. The van der Waals surface area contributed by atoms with Gasteiger partial charge in [-0.15, -0.1) is 0 Å². The molecule has 4 heteroatoms. The lowest BCUT2D eigenvalue weighted by Gasteiger charge is -2.20. The molecule has 0 radical (unpaired) electrons. The molecule has 128 valence electrons. The Hall–Kier alpha value is -2.85. The molecule has 0 bridgehead atoms. The van der Waals surface area contributed by atoms with E-state index in [9.17, 15) is 9.90 Å². The third kappa shape index (κ3) is 4.37. The van der Waals surface area contributed by atoms with E-state index in [4.69, 9.17) is 4.42 Å². The second-order valence-electron chi connectivity index (χ2n) is 5.90. The fraction of sp³-hybridized carbons (Fsp3) is 0.190. The second kappa shape index (κ2) is 8.31. The topological polar surface area (TPSA) is 62.5 Å². The average Bonchev–Trinajstić information content (AvgIpc) is 3.20. The number of rotatable bonds is 7. The summed E-state index contributed by atoms with van der Waals surface area (Å²) in [7, 11) is 0. The molecule has 1 aromatic heterocycles. The first-order chi connectivity index (χ1) is 12.3. The van der Waals surface area contributed by atoms with Crippen LogP contribution in [0.3, 0.4) is 0 Å². The highest BCUT2D eigenvalue weighted by Gasteiger charge is 2.21. The number of aliphatic hydroxyl groups is 1. The number of aliphatic hydroxyl groups excluding tert-OH is 1. The van der Waals surface area contributed by atoms with Crippen LogP contribution < -0.4 is 5.32 Å². The first-order valence-corrected chi connectivity index (χ1v) is 8.31. The Bertz CT molecular complexity index is 730. The van der Waals surface area contributed by atoms with Gasteiger partial charge in [-0.2, -0.15) is 0 Å². The van der Waals surface area contributed by atoms with Crippen LogP contribution in [-0.4, -0.2) is 17.6 Å². The molecule has 1 atom stereocenters. The number of furan rings is 1. The monoisotopic (exact) mass is 335 g/mol. The van der Waals surface area contributed by atoms with Crippen LogP contribution in [0.4, 0.5) is 0 Å². The van der Waals surface area contributed by atoms with Crippen LogP contribution in [0.2, 0.25) is 0 Å². The molecule has 2 N–H and O–H groups in total. The van der Waals surface area contributed by atoms with Crippen LogP contribution in [0.5, 0.6) is 0 Å². The summed E-state index contributed by atoms with van der Waals surface area (Å²) >= 11 is 0. The van der Waals surface area contributed by atoms with E-state index in [1.165, 1.54) is 6.26 Å². The molecule has 1 heterocycles. The predicted octanol–water partition coefficient (Wildman–Crippen LogP) is 3.65. The molecule has 2 aromatic carbocycles. The molecule has 3 aromatic rings. The van der Waals surface area contributed by atoms with Crippen LogP contribution in [-0.2, 0) is 4.79 Å². The van der Waals surface area contributed by atoms with Gasteiger partial charge in [0, 0.05) is 12.3 Å². The van der Waals surface area contributed by atoms with Gasteiger partial charge in [-0.05, 0) is 23.3 Å². The smallest absolute Gasteiger partial charge is 0.221 e. The van der Waals surface area contributed by atoms with Gasteiger partial charge in [-0.3, -0.25) is 4.79 Å². The first-order valence-electron chi connectivity index (χ1n) is 8.31. The predicted molar refractivity (Wildman–Crippen MR) is 96.0 cm³/mol. The molecule has 3 rings (SSSR count).